The summed E-state index contributed by atoms with van der Waals surface area (Å²) in [6.07, 6.45) is 3.50. The Morgan fingerprint density at radius 2 is 2.26 bits per heavy atom. The molecule has 19 heavy (non-hydrogen) atoms. The lowest BCUT2D eigenvalue weighted by atomic mass is 10.1. The van der Waals surface area contributed by atoms with Crippen LogP contribution < -0.4 is 5.32 Å². The van der Waals surface area contributed by atoms with Crippen LogP contribution in [0.1, 0.15) is 43.9 Å². The highest BCUT2D eigenvalue weighted by molar-refractivity contribution is 9.10. The first-order valence-electron chi connectivity index (χ1n) is 7.26. The van der Waals surface area contributed by atoms with Gasteiger partial charge in [-0.1, -0.05) is 35.8 Å². The van der Waals surface area contributed by atoms with Gasteiger partial charge in [0.1, 0.15) is 0 Å². The smallest absolute Gasteiger partial charge is 0.0489 e. The molecule has 0 amide bonds. The molecule has 0 aromatic heterocycles. The van der Waals surface area contributed by atoms with E-state index in [1.165, 1.54) is 28.4 Å². The zero-order valence-electron chi connectivity index (χ0n) is 11.9. The maximum absolute atomic E-state index is 5.60. The molecule has 1 aliphatic rings. The molecule has 0 bridgehead atoms. The van der Waals surface area contributed by atoms with Gasteiger partial charge in [-0.2, -0.15) is 0 Å². The van der Waals surface area contributed by atoms with Gasteiger partial charge >= 0.3 is 0 Å². The Morgan fingerprint density at radius 3 is 3.05 bits per heavy atom. The normalized spacial score (nSPS) is 18.0. The van der Waals surface area contributed by atoms with Gasteiger partial charge in [0.2, 0.25) is 0 Å². The lowest BCUT2D eigenvalue weighted by Crippen LogP contribution is -2.21. The fourth-order valence-electron chi connectivity index (χ4n) is 2.57. The lowest BCUT2D eigenvalue weighted by Gasteiger charge is -2.14. The SMILES string of the molecule is CC(C)COCCCNC1CCc2cc(Br)ccc21. The Labute approximate surface area is 125 Å². The van der Waals surface area contributed by atoms with Crippen molar-refractivity contribution >= 4 is 15.9 Å². The summed E-state index contributed by atoms with van der Waals surface area (Å²) in [5.74, 6) is 0.633. The van der Waals surface area contributed by atoms with Gasteiger partial charge < -0.3 is 10.1 Å². The first-order chi connectivity index (χ1) is 9.16. The third-order valence-corrected chi connectivity index (χ3v) is 3.98. The monoisotopic (exact) mass is 325 g/mol. The molecule has 1 N–H and O–H groups in total. The number of aryl methyl sites for hydroxylation is 1. The van der Waals surface area contributed by atoms with E-state index in [0.717, 1.165) is 26.2 Å². The summed E-state index contributed by atoms with van der Waals surface area (Å²) in [5.41, 5.74) is 2.97. The van der Waals surface area contributed by atoms with Crippen LogP contribution in [0.25, 0.3) is 0 Å². The maximum atomic E-state index is 5.60. The number of hydrogen-bond donors (Lipinski definition) is 1. The number of hydrogen-bond acceptors (Lipinski definition) is 2. The van der Waals surface area contributed by atoms with Crippen molar-refractivity contribution in [3.05, 3.63) is 33.8 Å². The van der Waals surface area contributed by atoms with Crippen LogP contribution in [0.3, 0.4) is 0 Å². The van der Waals surface area contributed by atoms with Crippen molar-refractivity contribution < 1.29 is 4.74 Å². The van der Waals surface area contributed by atoms with Gasteiger partial charge in [-0.3, -0.25) is 0 Å². The van der Waals surface area contributed by atoms with Crippen LogP contribution in [-0.4, -0.2) is 19.8 Å². The van der Waals surface area contributed by atoms with Gasteiger partial charge in [-0.25, -0.2) is 0 Å². The molecule has 1 unspecified atom stereocenters. The average molecular weight is 326 g/mol. The van der Waals surface area contributed by atoms with Gasteiger partial charge in [-0.15, -0.1) is 0 Å². The van der Waals surface area contributed by atoms with Crippen LogP contribution in [0, 0.1) is 5.92 Å². The van der Waals surface area contributed by atoms with Crippen LogP contribution in [0.4, 0.5) is 0 Å². The van der Waals surface area contributed by atoms with E-state index >= 15 is 0 Å². The van der Waals surface area contributed by atoms with E-state index in [0.29, 0.717) is 12.0 Å². The number of benzene rings is 1. The van der Waals surface area contributed by atoms with E-state index < -0.39 is 0 Å². The summed E-state index contributed by atoms with van der Waals surface area (Å²) in [7, 11) is 0. The minimum absolute atomic E-state index is 0.535. The van der Waals surface area contributed by atoms with Gasteiger partial charge in [0.05, 0.1) is 0 Å². The standard InChI is InChI=1S/C16H24BrNO/c1-12(2)11-19-9-3-8-18-16-7-4-13-10-14(17)5-6-15(13)16/h5-6,10,12,16,18H,3-4,7-9,11H2,1-2H3. The molecule has 0 saturated heterocycles. The van der Waals surface area contributed by atoms with E-state index in [4.69, 9.17) is 4.74 Å². The Kier molecular flexibility index (Phi) is 5.86. The van der Waals surface area contributed by atoms with Gasteiger partial charge in [0.15, 0.2) is 0 Å². The summed E-state index contributed by atoms with van der Waals surface area (Å²) in [5, 5.41) is 3.65. The van der Waals surface area contributed by atoms with Crippen molar-refractivity contribution in [1.82, 2.24) is 5.32 Å². The van der Waals surface area contributed by atoms with Crippen molar-refractivity contribution in [2.45, 2.75) is 39.2 Å². The third kappa shape index (κ3) is 4.59. The second-order valence-corrected chi connectivity index (χ2v) is 6.63. The molecule has 2 rings (SSSR count). The van der Waals surface area contributed by atoms with E-state index in [2.05, 4.69) is 53.3 Å². The summed E-state index contributed by atoms with van der Waals surface area (Å²) < 4.78 is 6.79. The van der Waals surface area contributed by atoms with Gasteiger partial charge in [0.25, 0.3) is 0 Å². The first-order valence-corrected chi connectivity index (χ1v) is 8.05. The number of ether oxygens (including phenoxy) is 1. The molecule has 3 heteroatoms. The molecule has 0 spiro atoms. The molecule has 0 heterocycles. The van der Waals surface area contributed by atoms with Crippen LogP contribution in [0.5, 0.6) is 0 Å². The Hall–Kier alpha value is -0.380. The summed E-state index contributed by atoms with van der Waals surface area (Å²) in [6, 6.07) is 7.18. The highest BCUT2D eigenvalue weighted by Crippen LogP contribution is 2.32. The quantitative estimate of drug-likeness (QED) is 0.762. The zero-order valence-corrected chi connectivity index (χ0v) is 13.5. The summed E-state index contributed by atoms with van der Waals surface area (Å²) in [6.45, 7) is 7.15. The Balaban J connectivity index is 1.69. The van der Waals surface area contributed by atoms with Crippen molar-refractivity contribution in [3.63, 3.8) is 0 Å². The average Bonchev–Trinajstić information content (AvgIpc) is 2.75. The molecular weight excluding hydrogens is 302 g/mol. The zero-order chi connectivity index (χ0) is 13.7. The van der Waals surface area contributed by atoms with Crippen LogP contribution in [0.15, 0.2) is 22.7 Å². The van der Waals surface area contributed by atoms with Crippen molar-refractivity contribution in [2.75, 3.05) is 19.8 Å². The second kappa shape index (κ2) is 7.41. The minimum Gasteiger partial charge on any atom is -0.381 e. The van der Waals surface area contributed by atoms with E-state index in [1.807, 2.05) is 0 Å². The largest absolute Gasteiger partial charge is 0.381 e. The number of fused-ring (bicyclic) bond motifs is 1. The predicted molar refractivity (Wildman–Crippen MR) is 83.5 cm³/mol. The minimum atomic E-state index is 0.535. The number of nitrogens with one attached hydrogen (secondary N) is 1. The maximum Gasteiger partial charge on any atom is 0.0489 e. The molecule has 0 radical (unpaired) electrons. The molecule has 2 nitrogen and oxygen atoms in total. The number of rotatable bonds is 7. The fourth-order valence-corrected chi connectivity index (χ4v) is 2.98. The molecule has 1 aromatic carbocycles. The van der Waals surface area contributed by atoms with E-state index in [1.54, 1.807) is 0 Å². The summed E-state index contributed by atoms with van der Waals surface area (Å²) >= 11 is 3.54. The fraction of sp³-hybridized carbons (Fsp3) is 0.625. The Morgan fingerprint density at radius 1 is 1.42 bits per heavy atom. The van der Waals surface area contributed by atoms with E-state index in [-0.39, 0.29) is 0 Å². The van der Waals surface area contributed by atoms with Crippen molar-refractivity contribution in [1.29, 1.82) is 0 Å². The lowest BCUT2D eigenvalue weighted by molar-refractivity contribution is 0.107. The van der Waals surface area contributed by atoms with Gasteiger partial charge in [0, 0.05) is 23.7 Å². The third-order valence-electron chi connectivity index (χ3n) is 3.49. The molecule has 0 fully saturated rings. The van der Waals surface area contributed by atoms with Gasteiger partial charge in [-0.05, 0) is 55.0 Å². The predicted octanol–water partition coefficient (Wildman–Crippen LogP) is 4.09. The highest BCUT2D eigenvalue weighted by Gasteiger charge is 2.21. The molecule has 1 aliphatic carbocycles. The summed E-state index contributed by atoms with van der Waals surface area (Å²) in [4.78, 5) is 0. The molecule has 106 valence electrons. The highest BCUT2D eigenvalue weighted by atomic mass is 79.9. The second-order valence-electron chi connectivity index (χ2n) is 5.71. The molecule has 0 aliphatic heterocycles. The van der Waals surface area contributed by atoms with Crippen LogP contribution in [0.2, 0.25) is 0 Å². The Bertz CT molecular complexity index is 406. The first kappa shape index (κ1) is 15.0. The number of halogens is 1. The molecule has 1 atom stereocenters. The van der Waals surface area contributed by atoms with E-state index in [9.17, 15) is 0 Å². The molecule has 0 saturated carbocycles. The van der Waals surface area contributed by atoms with Crippen LogP contribution in [-0.2, 0) is 11.2 Å². The van der Waals surface area contributed by atoms with Crippen molar-refractivity contribution in [2.24, 2.45) is 5.92 Å². The topological polar surface area (TPSA) is 21.3 Å². The van der Waals surface area contributed by atoms with Crippen molar-refractivity contribution in [3.8, 4) is 0 Å². The molecular formula is C16H24BrNO. The molecule has 1 aromatic rings. The van der Waals surface area contributed by atoms with Crippen LogP contribution >= 0.6 is 15.9 Å².